The van der Waals surface area contributed by atoms with E-state index in [0.717, 1.165) is 30.3 Å². The van der Waals surface area contributed by atoms with Crippen molar-refractivity contribution in [1.29, 1.82) is 0 Å². The van der Waals surface area contributed by atoms with Gasteiger partial charge < -0.3 is 10.1 Å². The van der Waals surface area contributed by atoms with Gasteiger partial charge in [-0.1, -0.05) is 13.8 Å². The van der Waals surface area contributed by atoms with Crippen LogP contribution in [-0.4, -0.2) is 36.2 Å². The summed E-state index contributed by atoms with van der Waals surface area (Å²) in [6, 6.07) is 0. The molecule has 1 aromatic rings. The van der Waals surface area contributed by atoms with E-state index in [1.54, 1.807) is 11.3 Å². The average Bonchev–Trinajstić information content (AvgIpc) is 2.80. The molecule has 0 atom stereocenters. The molecule has 5 nitrogen and oxygen atoms in total. The monoisotopic (exact) mass is 257 g/mol. The number of ether oxygens (including phenoxy) is 1. The summed E-state index contributed by atoms with van der Waals surface area (Å²) in [6.45, 7) is 7.59. The Labute approximate surface area is 106 Å². The lowest BCUT2D eigenvalue weighted by Crippen LogP contribution is -2.23. The van der Waals surface area contributed by atoms with Gasteiger partial charge >= 0.3 is 6.09 Å². The Morgan fingerprint density at radius 2 is 2.24 bits per heavy atom. The van der Waals surface area contributed by atoms with Crippen LogP contribution in [0.2, 0.25) is 0 Å². The molecule has 6 heteroatoms. The van der Waals surface area contributed by atoms with Crippen molar-refractivity contribution in [3.05, 3.63) is 16.1 Å². The molecule has 0 unspecified atom stereocenters. The van der Waals surface area contributed by atoms with Crippen LogP contribution in [0.3, 0.4) is 0 Å². The maximum Gasteiger partial charge on any atom is 0.407 e. The molecule has 0 saturated heterocycles. The topological polar surface area (TPSA) is 54.5 Å². The van der Waals surface area contributed by atoms with Crippen LogP contribution in [0.5, 0.6) is 0 Å². The van der Waals surface area contributed by atoms with E-state index in [9.17, 15) is 4.79 Å². The Hall–Kier alpha value is -1.14. The number of nitrogens with zero attached hydrogens (tertiary/aromatic N) is 2. The van der Waals surface area contributed by atoms with Crippen molar-refractivity contribution in [2.24, 2.45) is 0 Å². The van der Waals surface area contributed by atoms with E-state index in [-0.39, 0.29) is 0 Å². The molecule has 0 aliphatic carbocycles. The van der Waals surface area contributed by atoms with Crippen LogP contribution in [0.1, 0.15) is 24.5 Å². The summed E-state index contributed by atoms with van der Waals surface area (Å²) >= 11 is 1.56. The summed E-state index contributed by atoms with van der Waals surface area (Å²) in [5, 5.41) is 5.55. The molecule has 0 saturated carbocycles. The molecule has 96 valence electrons. The van der Waals surface area contributed by atoms with Crippen LogP contribution < -0.4 is 5.32 Å². The number of hydrogen-bond acceptors (Lipinski definition) is 5. The summed E-state index contributed by atoms with van der Waals surface area (Å²) in [5.41, 5.74) is 1.06. The number of aromatic nitrogens is 1. The number of thiazole rings is 1. The lowest BCUT2D eigenvalue weighted by Gasteiger charge is -2.15. The number of nitrogens with one attached hydrogen (secondary N) is 1. The average molecular weight is 257 g/mol. The van der Waals surface area contributed by atoms with Crippen molar-refractivity contribution in [3.63, 3.8) is 0 Å². The Balaban J connectivity index is 2.44. The first-order valence-corrected chi connectivity index (χ1v) is 6.55. The highest BCUT2D eigenvalue weighted by atomic mass is 32.1. The second-order valence-corrected chi connectivity index (χ2v) is 4.48. The number of methoxy groups -OCH3 is 1. The number of hydrogen-bond donors (Lipinski definition) is 1. The molecule has 0 aliphatic rings. The third-order valence-electron chi connectivity index (χ3n) is 2.45. The van der Waals surface area contributed by atoms with E-state index < -0.39 is 6.09 Å². The van der Waals surface area contributed by atoms with E-state index in [4.69, 9.17) is 0 Å². The van der Waals surface area contributed by atoms with Crippen LogP contribution in [0.25, 0.3) is 0 Å². The maximum atomic E-state index is 10.9. The lowest BCUT2D eigenvalue weighted by atomic mass is 10.4. The van der Waals surface area contributed by atoms with Gasteiger partial charge in [0, 0.05) is 11.9 Å². The van der Waals surface area contributed by atoms with Gasteiger partial charge in [-0.2, -0.15) is 0 Å². The SMILES string of the molecule is CCN(CC)Cc1csc(CNC(=O)OC)n1. The first-order chi connectivity index (χ1) is 8.19. The highest BCUT2D eigenvalue weighted by Gasteiger charge is 2.07. The second kappa shape index (κ2) is 7.24. The first-order valence-electron chi connectivity index (χ1n) is 5.67. The highest BCUT2D eigenvalue weighted by molar-refractivity contribution is 7.09. The molecular weight excluding hydrogens is 238 g/mol. The van der Waals surface area contributed by atoms with E-state index in [0.29, 0.717) is 6.54 Å². The van der Waals surface area contributed by atoms with Gasteiger partial charge in [-0.3, -0.25) is 4.90 Å². The Morgan fingerprint density at radius 1 is 1.53 bits per heavy atom. The summed E-state index contributed by atoms with van der Waals surface area (Å²) in [5.74, 6) is 0. The molecule has 1 rings (SSSR count). The Bertz CT molecular complexity index is 350. The molecular formula is C11H19N3O2S. The minimum Gasteiger partial charge on any atom is -0.453 e. The van der Waals surface area contributed by atoms with Gasteiger partial charge in [0.1, 0.15) is 5.01 Å². The van der Waals surface area contributed by atoms with Gasteiger partial charge in [0.25, 0.3) is 0 Å². The standard InChI is InChI=1S/C11H19N3O2S/c1-4-14(5-2)7-9-8-17-10(13-9)6-12-11(15)16-3/h8H,4-7H2,1-3H3,(H,12,15). The number of carbonyl (C=O) groups excluding carboxylic acids is 1. The fraction of sp³-hybridized carbons (Fsp3) is 0.636. The molecule has 0 aliphatic heterocycles. The van der Waals surface area contributed by atoms with Gasteiger partial charge in [0.15, 0.2) is 0 Å². The van der Waals surface area contributed by atoms with E-state index >= 15 is 0 Å². The van der Waals surface area contributed by atoms with Crippen molar-refractivity contribution < 1.29 is 9.53 Å². The van der Waals surface area contributed by atoms with Crippen molar-refractivity contribution >= 4 is 17.4 Å². The van der Waals surface area contributed by atoms with E-state index in [1.165, 1.54) is 7.11 Å². The van der Waals surface area contributed by atoms with Crippen LogP contribution >= 0.6 is 11.3 Å². The zero-order valence-corrected chi connectivity index (χ0v) is 11.3. The molecule has 1 N–H and O–H groups in total. The Morgan fingerprint density at radius 3 is 2.82 bits per heavy atom. The third-order valence-corrected chi connectivity index (χ3v) is 3.35. The predicted octanol–water partition coefficient (Wildman–Crippen LogP) is 1.84. The number of amides is 1. The molecule has 0 spiro atoms. The quantitative estimate of drug-likeness (QED) is 0.845. The van der Waals surface area contributed by atoms with E-state index in [2.05, 4.69) is 33.8 Å². The molecule has 1 aromatic heterocycles. The molecule has 0 bridgehead atoms. The smallest absolute Gasteiger partial charge is 0.407 e. The molecule has 0 radical (unpaired) electrons. The molecule has 0 fully saturated rings. The largest absolute Gasteiger partial charge is 0.453 e. The number of alkyl carbamates (subject to hydrolysis) is 1. The predicted molar refractivity (Wildman–Crippen MR) is 68.0 cm³/mol. The molecule has 17 heavy (non-hydrogen) atoms. The van der Waals surface area contributed by atoms with Crippen LogP contribution in [-0.2, 0) is 17.8 Å². The Kier molecular flexibility index (Phi) is 5.93. The normalized spacial score (nSPS) is 10.6. The number of rotatable bonds is 6. The van der Waals surface area contributed by atoms with Crippen molar-refractivity contribution in [2.75, 3.05) is 20.2 Å². The van der Waals surface area contributed by atoms with Crippen molar-refractivity contribution in [1.82, 2.24) is 15.2 Å². The van der Waals surface area contributed by atoms with Crippen LogP contribution in [0.15, 0.2) is 5.38 Å². The fourth-order valence-corrected chi connectivity index (χ4v) is 2.12. The third kappa shape index (κ3) is 4.70. The summed E-state index contributed by atoms with van der Waals surface area (Å²) in [6.07, 6.45) is -0.425. The van der Waals surface area contributed by atoms with Gasteiger partial charge in [0.2, 0.25) is 0 Å². The minimum absolute atomic E-state index is 0.425. The van der Waals surface area contributed by atoms with Crippen LogP contribution in [0.4, 0.5) is 4.79 Å². The van der Waals surface area contributed by atoms with Crippen molar-refractivity contribution in [3.8, 4) is 0 Å². The van der Waals surface area contributed by atoms with Gasteiger partial charge in [-0.05, 0) is 13.1 Å². The van der Waals surface area contributed by atoms with Gasteiger partial charge in [-0.15, -0.1) is 11.3 Å². The van der Waals surface area contributed by atoms with E-state index in [1.807, 2.05) is 5.38 Å². The summed E-state index contributed by atoms with van der Waals surface area (Å²) in [4.78, 5) is 17.7. The first kappa shape index (κ1) is 13.9. The second-order valence-electron chi connectivity index (χ2n) is 3.54. The maximum absolute atomic E-state index is 10.9. The van der Waals surface area contributed by atoms with Gasteiger partial charge in [-0.25, -0.2) is 9.78 Å². The minimum atomic E-state index is -0.425. The zero-order chi connectivity index (χ0) is 12.7. The summed E-state index contributed by atoms with van der Waals surface area (Å²) in [7, 11) is 1.35. The van der Waals surface area contributed by atoms with Crippen molar-refractivity contribution in [2.45, 2.75) is 26.9 Å². The van der Waals surface area contributed by atoms with Crippen LogP contribution in [0, 0.1) is 0 Å². The summed E-state index contributed by atoms with van der Waals surface area (Å²) < 4.78 is 4.50. The molecule has 1 amide bonds. The molecule has 1 heterocycles. The number of carbonyl (C=O) groups is 1. The molecule has 0 aromatic carbocycles. The lowest BCUT2D eigenvalue weighted by molar-refractivity contribution is 0.170. The zero-order valence-electron chi connectivity index (χ0n) is 10.5. The fourth-order valence-electron chi connectivity index (χ4n) is 1.40. The highest BCUT2D eigenvalue weighted by Crippen LogP contribution is 2.11. The van der Waals surface area contributed by atoms with Gasteiger partial charge in [0.05, 0.1) is 19.3 Å².